The van der Waals surface area contributed by atoms with Crippen molar-refractivity contribution < 1.29 is 14.6 Å². The zero-order valence-electron chi connectivity index (χ0n) is 10.4. The highest BCUT2D eigenvalue weighted by atomic mass is 16.6. The Hall–Kier alpha value is -1.36. The quantitative estimate of drug-likeness (QED) is 0.856. The molecular weight excluding hydrogens is 220 g/mol. The Morgan fingerprint density at radius 1 is 1.59 bits per heavy atom. The third-order valence-electron chi connectivity index (χ3n) is 2.54. The number of rotatable bonds is 2. The van der Waals surface area contributed by atoms with Gasteiger partial charge in [-0.1, -0.05) is 0 Å². The van der Waals surface area contributed by atoms with E-state index in [1.54, 1.807) is 0 Å². The summed E-state index contributed by atoms with van der Waals surface area (Å²) < 4.78 is 6.72. The molecule has 0 bridgehead atoms. The van der Waals surface area contributed by atoms with Crippen molar-refractivity contribution in [1.29, 1.82) is 0 Å². The average Bonchev–Trinajstić information content (AvgIpc) is 2.94. The van der Waals surface area contributed by atoms with Crippen LogP contribution in [0.4, 0.5) is 4.79 Å². The lowest BCUT2D eigenvalue weighted by Gasteiger charge is -2.20. The zero-order chi connectivity index (χ0) is 12.6. The summed E-state index contributed by atoms with van der Waals surface area (Å²) in [5, 5.41) is 9.21. The lowest BCUT2D eigenvalue weighted by Crippen LogP contribution is -2.29. The summed E-state index contributed by atoms with van der Waals surface area (Å²) in [6.07, 6.45) is 3.17. The lowest BCUT2D eigenvalue weighted by molar-refractivity contribution is 0.0520. The summed E-state index contributed by atoms with van der Waals surface area (Å²) in [5.41, 5.74) is -0.0596. The molecule has 1 aliphatic rings. The predicted octanol–water partition coefficient (Wildman–Crippen LogP) is 2.04. The number of carbonyl (C=O) groups excluding carboxylic acids is 1. The van der Waals surface area contributed by atoms with Gasteiger partial charge in [-0.15, -0.1) is 0 Å². The summed E-state index contributed by atoms with van der Waals surface area (Å²) in [4.78, 5) is 16.2. The molecule has 17 heavy (non-hydrogen) atoms. The Balaban J connectivity index is 2.28. The summed E-state index contributed by atoms with van der Waals surface area (Å²) in [5.74, 6) is 1.05. The molecule has 5 nitrogen and oxygen atoms in total. The van der Waals surface area contributed by atoms with Crippen LogP contribution in [-0.4, -0.2) is 26.4 Å². The third-order valence-corrected chi connectivity index (χ3v) is 2.54. The maximum Gasteiger partial charge on any atom is 0.420 e. The van der Waals surface area contributed by atoms with E-state index in [4.69, 9.17) is 4.74 Å². The maximum atomic E-state index is 12.0. The van der Waals surface area contributed by atoms with Gasteiger partial charge in [0.1, 0.15) is 11.4 Å². The van der Waals surface area contributed by atoms with Crippen LogP contribution in [0.1, 0.15) is 51.0 Å². The summed E-state index contributed by atoms with van der Waals surface area (Å²) >= 11 is 0. The van der Waals surface area contributed by atoms with Crippen molar-refractivity contribution in [1.82, 2.24) is 9.55 Å². The first-order valence-electron chi connectivity index (χ1n) is 5.83. The van der Waals surface area contributed by atoms with Crippen LogP contribution in [-0.2, 0) is 11.3 Å². The highest BCUT2D eigenvalue weighted by Gasteiger charge is 2.32. The van der Waals surface area contributed by atoms with E-state index in [1.165, 1.54) is 10.8 Å². The minimum absolute atomic E-state index is 0.209. The molecule has 0 unspecified atom stereocenters. The standard InChI is InChI=1S/C12H18N2O3/c1-12(2,3)17-11(16)14-9(7-15)6-13-10(14)8-4-5-8/h6,8,15H,4-5,7H2,1-3H3. The number of aromatic nitrogens is 2. The number of aliphatic hydroxyl groups excluding tert-OH is 1. The first kappa shape index (κ1) is 12.1. The Kier molecular flexibility index (Phi) is 2.95. The Labute approximate surface area is 100 Å². The molecule has 5 heteroatoms. The second kappa shape index (κ2) is 4.14. The molecule has 0 aliphatic heterocycles. The number of hydrogen-bond donors (Lipinski definition) is 1. The lowest BCUT2D eigenvalue weighted by atomic mass is 10.2. The van der Waals surface area contributed by atoms with Crippen molar-refractivity contribution >= 4 is 6.09 Å². The average molecular weight is 238 g/mol. The van der Waals surface area contributed by atoms with E-state index in [1.807, 2.05) is 20.8 Å². The fourth-order valence-electron chi connectivity index (χ4n) is 1.66. The van der Waals surface area contributed by atoms with E-state index >= 15 is 0 Å². The second-order valence-corrected chi connectivity index (χ2v) is 5.36. The van der Waals surface area contributed by atoms with E-state index in [-0.39, 0.29) is 6.61 Å². The SMILES string of the molecule is CC(C)(C)OC(=O)n1c(CO)cnc1C1CC1. The van der Waals surface area contributed by atoms with Gasteiger partial charge in [-0.05, 0) is 33.6 Å². The normalized spacial score (nSPS) is 16.0. The molecule has 0 atom stereocenters. The topological polar surface area (TPSA) is 64.3 Å². The molecule has 1 fully saturated rings. The molecule has 1 N–H and O–H groups in total. The van der Waals surface area contributed by atoms with Gasteiger partial charge in [-0.2, -0.15) is 0 Å². The monoisotopic (exact) mass is 238 g/mol. The summed E-state index contributed by atoms with van der Waals surface area (Å²) in [6, 6.07) is 0. The third kappa shape index (κ3) is 2.66. The van der Waals surface area contributed by atoms with Gasteiger partial charge in [0.2, 0.25) is 0 Å². The molecule has 1 aromatic rings. The minimum atomic E-state index is -0.547. The van der Waals surface area contributed by atoms with Crippen LogP contribution >= 0.6 is 0 Å². The molecule has 1 aromatic heterocycles. The van der Waals surface area contributed by atoms with Gasteiger partial charge in [0.05, 0.1) is 18.5 Å². The van der Waals surface area contributed by atoms with Crippen LogP contribution in [0.2, 0.25) is 0 Å². The fourth-order valence-corrected chi connectivity index (χ4v) is 1.66. The highest BCUT2D eigenvalue weighted by Crippen LogP contribution is 2.39. The van der Waals surface area contributed by atoms with E-state index < -0.39 is 11.7 Å². The van der Waals surface area contributed by atoms with E-state index in [0.717, 1.165) is 12.8 Å². The first-order chi connectivity index (χ1) is 7.92. The van der Waals surface area contributed by atoms with Gasteiger partial charge >= 0.3 is 6.09 Å². The molecule has 2 rings (SSSR count). The van der Waals surface area contributed by atoms with Gasteiger partial charge in [-0.3, -0.25) is 0 Å². The number of aliphatic hydroxyl groups is 1. The van der Waals surface area contributed by atoms with Crippen molar-refractivity contribution in [2.24, 2.45) is 0 Å². The molecule has 0 spiro atoms. The van der Waals surface area contributed by atoms with Crippen LogP contribution in [0.15, 0.2) is 6.20 Å². The first-order valence-corrected chi connectivity index (χ1v) is 5.83. The van der Waals surface area contributed by atoms with Crippen molar-refractivity contribution in [3.05, 3.63) is 17.7 Å². The molecule has 0 amide bonds. The molecule has 0 aromatic carbocycles. The molecule has 0 radical (unpaired) electrons. The van der Waals surface area contributed by atoms with Crippen molar-refractivity contribution in [2.75, 3.05) is 0 Å². The van der Waals surface area contributed by atoms with Gasteiger partial charge in [0, 0.05) is 5.92 Å². The molecular formula is C12H18N2O3. The minimum Gasteiger partial charge on any atom is -0.443 e. The molecule has 0 saturated heterocycles. The molecule has 94 valence electrons. The summed E-state index contributed by atoms with van der Waals surface area (Å²) in [6.45, 7) is 5.24. The van der Waals surface area contributed by atoms with Gasteiger partial charge in [0.25, 0.3) is 0 Å². The van der Waals surface area contributed by atoms with Gasteiger partial charge < -0.3 is 9.84 Å². The highest BCUT2D eigenvalue weighted by molar-refractivity contribution is 5.73. The second-order valence-electron chi connectivity index (χ2n) is 5.36. The molecule has 1 aliphatic carbocycles. The van der Waals surface area contributed by atoms with Gasteiger partial charge in [-0.25, -0.2) is 14.3 Å². The van der Waals surface area contributed by atoms with Crippen molar-refractivity contribution in [3.63, 3.8) is 0 Å². The van der Waals surface area contributed by atoms with Crippen molar-refractivity contribution in [2.45, 2.75) is 51.7 Å². The molecule has 1 saturated carbocycles. The van der Waals surface area contributed by atoms with Crippen LogP contribution in [0.3, 0.4) is 0 Å². The Morgan fingerprint density at radius 2 is 2.24 bits per heavy atom. The van der Waals surface area contributed by atoms with Crippen molar-refractivity contribution in [3.8, 4) is 0 Å². The largest absolute Gasteiger partial charge is 0.443 e. The smallest absolute Gasteiger partial charge is 0.420 e. The zero-order valence-corrected chi connectivity index (χ0v) is 10.4. The van der Waals surface area contributed by atoms with Crippen LogP contribution in [0.5, 0.6) is 0 Å². The maximum absolute atomic E-state index is 12.0. The van der Waals surface area contributed by atoms with E-state index in [2.05, 4.69) is 4.98 Å². The molecule has 1 heterocycles. The number of carbonyl (C=O) groups is 1. The van der Waals surface area contributed by atoms with E-state index in [0.29, 0.717) is 17.4 Å². The number of nitrogens with zero attached hydrogens (tertiary/aromatic N) is 2. The number of hydrogen-bond acceptors (Lipinski definition) is 4. The number of imidazole rings is 1. The van der Waals surface area contributed by atoms with E-state index in [9.17, 15) is 9.90 Å². The Bertz CT molecular complexity index is 427. The summed E-state index contributed by atoms with van der Waals surface area (Å²) in [7, 11) is 0. The fraction of sp³-hybridized carbons (Fsp3) is 0.667. The van der Waals surface area contributed by atoms with Crippen LogP contribution < -0.4 is 0 Å². The Morgan fingerprint density at radius 3 is 2.71 bits per heavy atom. The van der Waals surface area contributed by atoms with Gasteiger partial charge in [0.15, 0.2) is 0 Å². The predicted molar refractivity (Wildman–Crippen MR) is 61.8 cm³/mol. The number of ether oxygens (including phenoxy) is 1. The van der Waals surface area contributed by atoms with Crippen LogP contribution in [0, 0.1) is 0 Å². The van der Waals surface area contributed by atoms with Crippen LogP contribution in [0.25, 0.3) is 0 Å².